The van der Waals surface area contributed by atoms with Gasteiger partial charge >= 0.3 is 5.97 Å². The summed E-state index contributed by atoms with van der Waals surface area (Å²) in [6.45, 7) is 19.4. The number of carbonyl (C=O) groups is 1. The van der Waals surface area contributed by atoms with Crippen LogP contribution in [0.1, 0.15) is 65.5 Å². The van der Waals surface area contributed by atoms with Crippen LogP contribution in [0.5, 0.6) is 5.75 Å². The Morgan fingerprint density at radius 1 is 1.07 bits per heavy atom. The second-order valence-electron chi connectivity index (χ2n) is 10.3. The Bertz CT molecular complexity index is 740. The first kappa shape index (κ1) is 21.7. The van der Waals surface area contributed by atoms with Gasteiger partial charge in [-0.05, 0) is 75.9 Å². The average Bonchev–Trinajstić information content (AvgIpc) is 3.31. The normalized spacial score (nSPS) is 14.8. The van der Waals surface area contributed by atoms with Crippen LogP contribution in [0, 0.1) is 12.3 Å². The SMILES string of the molecule is Cc1ccc(C(COC(=O)C(C)(C)C)=C2CC2)c(O[Si](C)(C)C(C)(C)C)c1. The van der Waals surface area contributed by atoms with Crippen LogP contribution >= 0.6 is 0 Å². The van der Waals surface area contributed by atoms with Crippen molar-refractivity contribution in [3.05, 3.63) is 34.9 Å². The van der Waals surface area contributed by atoms with E-state index in [1.807, 2.05) is 20.8 Å². The fraction of sp³-hybridized carbons (Fsp3) is 0.609. The molecule has 1 fully saturated rings. The summed E-state index contributed by atoms with van der Waals surface area (Å²) in [7, 11) is -1.97. The zero-order valence-electron chi connectivity index (χ0n) is 18.6. The molecule has 3 nitrogen and oxygen atoms in total. The van der Waals surface area contributed by atoms with E-state index in [2.05, 4.69) is 59.0 Å². The molecule has 150 valence electrons. The van der Waals surface area contributed by atoms with Gasteiger partial charge in [-0.15, -0.1) is 0 Å². The molecule has 0 radical (unpaired) electrons. The summed E-state index contributed by atoms with van der Waals surface area (Å²) in [5.41, 5.74) is 4.27. The summed E-state index contributed by atoms with van der Waals surface area (Å²) in [5.74, 6) is 0.767. The molecule has 0 amide bonds. The molecule has 0 bridgehead atoms. The van der Waals surface area contributed by atoms with Crippen LogP contribution in [0.2, 0.25) is 18.1 Å². The van der Waals surface area contributed by atoms with Crippen LogP contribution in [0.15, 0.2) is 23.8 Å². The molecule has 0 N–H and O–H groups in total. The molecule has 1 aliphatic rings. The smallest absolute Gasteiger partial charge is 0.311 e. The molecule has 4 heteroatoms. The van der Waals surface area contributed by atoms with Gasteiger partial charge in [0.2, 0.25) is 0 Å². The summed E-state index contributed by atoms with van der Waals surface area (Å²) >= 11 is 0. The largest absolute Gasteiger partial charge is 0.543 e. The molecular weight excluding hydrogens is 352 g/mol. The highest BCUT2D eigenvalue weighted by Crippen LogP contribution is 2.43. The monoisotopic (exact) mass is 388 g/mol. The molecular formula is C23H36O3Si. The Morgan fingerprint density at radius 2 is 1.67 bits per heavy atom. The Hall–Kier alpha value is -1.55. The standard InChI is InChI=1S/C23H36O3Si/c1-16-10-13-18(20(14-16)26-27(8,9)23(5,6)7)19(17-11-12-17)15-25-21(24)22(2,3)4/h10,13-14H,11-12,15H2,1-9H3. The molecule has 0 unspecified atom stereocenters. The van der Waals surface area contributed by atoms with Crippen LogP contribution < -0.4 is 4.43 Å². The van der Waals surface area contributed by atoms with E-state index in [0.29, 0.717) is 6.61 Å². The zero-order chi connectivity index (χ0) is 20.6. The van der Waals surface area contributed by atoms with E-state index in [1.165, 1.54) is 11.1 Å². The van der Waals surface area contributed by atoms with Crippen molar-refractivity contribution < 1.29 is 14.0 Å². The van der Waals surface area contributed by atoms with Crippen molar-refractivity contribution in [2.75, 3.05) is 6.61 Å². The van der Waals surface area contributed by atoms with Crippen molar-refractivity contribution in [1.82, 2.24) is 0 Å². The van der Waals surface area contributed by atoms with Crippen molar-refractivity contribution in [1.29, 1.82) is 0 Å². The molecule has 1 aliphatic carbocycles. The van der Waals surface area contributed by atoms with Crippen molar-refractivity contribution >= 4 is 19.9 Å². The van der Waals surface area contributed by atoms with E-state index in [9.17, 15) is 4.79 Å². The molecule has 0 atom stereocenters. The Balaban J connectivity index is 2.36. The van der Waals surface area contributed by atoms with Gasteiger partial charge in [-0.25, -0.2) is 0 Å². The van der Waals surface area contributed by atoms with Gasteiger partial charge in [0.1, 0.15) is 12.4 Å². The first-order chi connectivity index (χ1) is 12.2. The minimum atomic E-state index is -1.97. The lowest BCUT2D eigenvalue weighted by Gasteiger charge is -2.37. The summed E-state index contributed by atoms with van der Waals surface area (Å²) < 4.78 is 12.3. The number of benzene rings is 1. The lowest BCUT2D eigenvalue weighted by Crippen LogP contribution is -2.44. The number of ether oxygens (including phenoxy) is 1. The topological polar surface area (TPSA) is 35.5 Å². The van der Waals surface area contributed by atoms with Crippen LogP contribution in [0.4, 0.5) is 0 Å². The Kier molecular flexibility index (Phi) is 6.01. The molecule has 0 aromatic heterocycles. The van der Waals surface area contributed by atoms with Gasteiger partial charge in [0.15, 0.2) is 0 Å². The first-order valence-electron chi connectivity index (χ1n) is 9.90. The second kappa shape index (κ2) is 7.46. The quantitative estimate of drug-likeness (QED) is 0.426. The average molecular weight is 389 g/mol. The summed E-state index contributed by atoms with van der Waals surface area (Å²) in [6.07, 6.45) is 2.16. The van der Waals surface area contributed by atoms with E-state index in [0.717, 1.165) is 29.7 Å². The third kappa shape index (κ3) is 5.47. The van der Waals surface area contributed by atoms with Crippen LogP contribution in [-0.4, -0.2) is 20.9 Å². The number of hydrogen-bond acceptors (Lipinski definition) is 3. The van der Waals surface area contributed by atoms with Gasteiger partial charge in [-0.1, -0.05) is 38.5 Å². The molecule has 1 saturated carbocycles. The Labute approximate surface area is 166 Å². The predicted molar refractivity (Wildman–Crippen MR) is 116 cm³/mol. The molecule has 1 aromatic rings. The molecule has 0 heterocycles. The van der Waals surface area contributed by atoms with E-state index >= 15 is 0 Å². The lowest BCUT2D eigenvalue weighted by molar-refractivity contribution is -0.151. The third-order valence-corrected chi connectivity index (χ3v) is 9.86. The van der Waals surface area contributed by atoms with Gasteiger partial charge in [-0.3, -0.25) is 4.79 Å². The first-order valence-corrected chi connectivity index (χ1v) is 12.8. The van der Waals surface area contributed by atoms with Crippen molar-refractivity contribution in [2.24, 2.45) is 5.41 Å². The van der Waals surface area contributed by atoms with E-state index < -0.39 is 13.7 Å². The van der Waals surface area contributed by atoms with Gasteiger partial charge in [-0.2, -0.15) is 0 Å². The third-order valence-electron chi connectivity index (χ3n) is 5.52. The van der Waals surface area contributed by atoms with Gasteiger partial charge < -0.3 is 9.16 Å². The van der Waals surface area contributed by atoms with Crippen LogP contribution in [0.3, 0.4) is 0 Å². The van der Waals surface area contributed by atoms with Crippen molar-refractivity contribution in [2.45, 2.75) is 79.4 Å². The van der Waals surface area contributed by atoms with Gasteiger partial charge in [0.05, 0.1) is 5.41 Å². The molecule has 0 spiro atoms. The highest BCUT2D eigenvalue weighted by Gasteiger charge is 2.39. The predicted octanol–water partition coefficient (Wildman–Crippen LogP) is 6.52. The van der Waals surface area contributed by atoms with Gasteiger partial charge in [0.25, 0.3) is 8.32 Å². The summed E-state index contributed by atoms with van der Waals surface area (Å²) in [4.78, 5) is 12.3. The number of allylic oxidation sites excluding steroid dienone is 1. The maximum Gasteiger partial charge on any atom is 0.311 e. The maximum absolute atomic E-state index is 12.3. The highest BCUT2D eigenvalue weighted by molar-refractivity contribution is 6.74. The number of carbonyl (C=O) groups excluding carboxylic acids is 1. The number of aryl methyl sites for hydroxylation is 1. The summed E-state index contributed by atoms with van der Waals surface area (Å²) in [5, 5.41) is 0.125. The molecule has 0 aliphatic heterocycles. The molecule has 0 saturated heterocycles. The Morgan fingerprint density at radius 3 is 2.15 bits per heavy atom. The van der Waals surface area contributed by atoms with E-state index in [4.69, 9.17) is 9.16 Å². The fourth-order valence-electron chi connectivity index (χ4n) is 2.48. The zero-order valence-corrected chi connectivity index (χ0v) is 19.6. The molecule has 1 aromatic carbocycles. The lowest BCUT2D eigenvalue weighted by atomic mass is 9.97. The number of hydrogen-bond donors (Lipinski definition) is 0. The number of esters is 1. The van der Waals surface area contributed by atoms with E-state index in [-0.39, 0.29) is 11.0 Å². The minimum Gasteiger partial charge on any atom is -0.543 e. The van der Waals surface area contributed by atoms with Crippen molar-refractivity contribution in [3.63, 3.8) is 0 Å². The van der Waals surface area contributed by atoms with Crippen LogP contribution in [-0.2, 0) is 9.53 Å². The fourth-order valence-corrected chi connectivity index (χ4v) is 3.50. The summed E-state index contributed by atoms with van der Waals surface area (Å²) in [6, 6.07) is 6.37. The van der Waals surface area contributed by atoms with Crippen LogP contribution in [0.25, 0.3) is 5.57 Å². The highest BCUT2D eigenvalue weighted by atomic mass is 28.4. The van der Waals surface area contributed by atoms with Gasteiger partial charge in [0, 0.05) is 5.56 Å². The number of rotatable bonds is 5. The molecule has 27 heavy (non-hydrogen) atoms. The second-order valence-corrected chi connectivity index (χ2v) is 15.0. The van der Waals surface area contributed by atoms with Crippen molar-refractivity contribution in [3.8, 4) is 5.75 Å². The molecule has 2 rings (SSSR count). The van der Waals surface area contributed by atoms with E-state index in [1.54, 1.807) is 0 Å². The minimum absolute atomic E-state index is 0.125. The maximum atomic E-state index is 12.3.